The summed E-state index contributed by atoms with van der Waals surface area (Å²) >= 11 is 0. The van der Waals surface area contributed by atoms with Crippen LogP contribution in [0.15, 0.2) is 0 Å². The molecule has 0 spiro atoms. The summed E-state index contributed by atoms with van der Waals surface area (Å²) in [6.45, 7) is 7.29. The highest BCUT2D eigenvalue weighted by molar-refractivity contribution is 5.84. The van der Waals surface area contributed by atoms with E-state index < -0.39 is 5.60 Å². The smallest absolute Gasteiger partial charge is 0.410 e. The van der Waals surface area contributed by atoms with E-state index in [9.17, 15) is 9.59 Å². The number of carbonyl (C=O) groups is 2. The highest BCUT2D eigenvalue weighted by Gasteiger charge is 2.34. The first-order valence-electron chi connectivity index (χ1n) is 7.97. The van der Waals surface area contributed by atoms with Crippen LogP contribution in [0.5, 0.6) is 0 Å². The predicted molar refractivity (Wildman–Crippen MR) is 79.1 cm³/mol. The molecule has 2 heterocycles. The van der Waals surface area contributed by atoms with Gasteiger partial charge in [-0.2, -0.15) is 0 Å². The van der Waals surface area contributed by atoms with Crippen LogP contribution >= 0.6 is 0 Å². The van der Waals surface area contributed by atoms with E-state index in [4.69, 9.17) is 9.47 Å². The molecular formula is C16H27NO4. The topological polar surface area (TPSA) is 55.8 Å². The SMILES string of the molecule is CC(C)(C)OC(=O)N1CCC(=O)C(CC2CCCCO2)C1. The zero-order valence-corrected chi connectivity index (χ0v) is 13.4. The average molecular weight is 297 g/mol. The molecule has 0 aromatic heterocycles. The van der Waals surface area contributed by atoms with E-state index in [2.05, 4.69) is 0 Å². The summed E-state index contributed by atoms with van der Waals surface area (Å²) in [5.74, 6) is 0.151. The lowest BCUT2D eigenvalue weighted by Gasteiger charge is -2.35. The first-order chi connectivity index (χ1) is 9.85. The van der Waals surface area contributed by atoms with Gasteiger partial charge in [0.15, 0.2) is 0 Å². The highest BCUT2D eigenvalue weighted by atomic mass is 16.6. The fourth-order valence-electron chi connectivity index (χ4n) is 2.92. The molecule has 0 aromatic carbocycles. The van der Waals surface area contributed by atoms with Gasteiger partial charge >= 0.3 is 6.09 Å². The lowest BCUT2D eigenvalue weighted by Crippen LogP contribution is -2.47. The van der Waals surface area contributed by atoms with E-state index in [0.717, 1.165) is 25.9 Å². The second-order valence-electron chi connectivity index (χ2n) is 7.06. The zero-order valence-electron chi connectivity index (χ0n) is 13.4. The fraction of sp³-hybridized carbons (Fsp3) is 0.875. The largest absolute Gasteiger partial charge is 0.444 e. The van der Waals surface area contributed by atoms with Gasteiger partial charge in [0.05, 0.1) is 6.10 Å². The van der Waals surface area contributed by atoms with Crippen molar-refractivity contribution < 1.29 is 19.1 Å². The van der Waals surface area contributed by atoms with Gasteiger partial charge in [-0.25, -0.2) is 4.79 Å². The quantitative estimate of drug-likeness (QED) is 0.786. The molecule has 0 N–H and O–H groups in total. The van der Waals surface area contributed by atoms with Gasteiger partial charge in [0.2, 0.25) is 0 Å². The summed E-state index contributed by atoms with van der Waals surface area (Å²) < 4.78 is 11.1. The molecule has 2 aliphatic rings. The molecule has 2 fully saturated rings. The third kappa shape index (κ3) is 4.99. The van der Waals surface area contributed by atoms with Gasteiger partial charge in [0.25, 0.3) is 0 Å². The number of ether oxygens (including phenoxy) is 2. The maximum atomic E-state index is 12.1. The predicted octanol–water partition coefficient (Wildman–Crippen LogP) is 2.77. The summed E-state index contributed by atoms with van der Waals surface area (Å²) in [7, 11) is 0. The van der Waals surface area contributed by atoms with Gasteiger partial charge in [0.1, 0.15) is 11.4 Å². The van der Waals surface area contributed by atoms with Crippen LogP contribution in [0.4, 0.5) is 4.79 Å². The molecule has 0 saturated carbocycles. The summed E-state index contributed by atoms with van der Waals surface area (Å²) in [5, 5.41) is 0. The second-order valence-corrected chi connectivity index (χ2v) is 7.06. The Balaban J connectivity index is 1.89. The number of carbonyl (C=O) groups excluding carboxylic acids is 2. The van der Waals surface area contributed by atoms with Gasteiger partial charge < -0.3 is 14.4 Å². The Hall–Kier alpha value is -1.10. The van der Waals surface area contributed by atoms with Crippen molar-refractivity contribution in [3.63, 3.8) is 0 Å². The van der Waals surface area contributed by atoms with Gasteiger partial charge in [-0.15, -0.1) is 0 Å². The third-order valence-electron chi connectivity index (χ3n) is 4.00. The van der Waals surface area contributed by atoms with Gasteiger partial charge in [-0.3, -0.25) is 4.79 Å². The van der Waals surface area contributed by atoms with E-state index in [1.807, 2.05) is 20.8 Å². The molecule has 120 valence electrons. The third-order valence-corrected chi connectivity index (χ3v) is 4.00. The van der Waals surface area contributed by atoms with Crippen LogP contribution < -0.4 is 0 Å². The van der Waals surface area contributed by atoms with Crippen molar-refractivity contribution in [2.75, 3.05) is 19.7 Å². The Morgan fingerprint density at radius 2 is 2.14 bits per heavy atom. The lowest BCUT2D eigenvalue weighted by atomic mass is 9.89. The van der Waals surface area contributed by atoms with Crippen molar-refractivity contribution in [1.82, 2.24) is 4.90 Å². The number of likely N-dealkylation sites (tertiary alicyclic amines) is 1. The molecule has 2 saturated heterocycles. The minimum atomic E-state index is -0.499. The number of hydrogen-bond donors (Lipinski definition) is 0. The molecule has 1 amide bonds. The first kappa shape index (κ1) is 16.3. The fourth-order valence-corrected chi connectivity index (χ4v) is 2.92. The summed E-state index contributed by atoms with van der Waals surface area (Å²) in [6.07, 6.45) is 4.32. The summed E-state index contributed by atoms with van der Waals surface area (Å²) in [4.78, 5) is 25.9. The Morgan fingerprint density at radius 1 is 1.38 bits per heavy atom. The Kier molecular flexibility index (Phi) is 5.25. The van der Waals surface area contributed by atoms with Crippen LogP contribution in [0.1, 0.15) is 52.9 Å². The maximum Gasteiger partial charge on any atom is 0.410 e. The van der Waals surface area contributed by atoms with E-state index in [0.29, 0.717) is 19.5 Å². The first-order valence-corrected chi connectivity index (χ1v) is 7.97. The Labute approximate surface area is 127 Å². The molecule has 0 bridgehead atoms. The van der Waals surface area contributed by atoms with E-state index in [1.54, 1.807) is 4.90 Å². The van der Waals surface area contributed by atoms with Gasteiger partial charge in [-0.05, 0) is 46.5 Å². The molecule has 5 nitrogen and oxygen atoms in total. The molecule has 2 atom stereocenters. The Morgan fingerprint density at radius 3 is 2.76 bits per heavy atom. The van der Waals surface area contributed by atoms with Crippen molar-refractivity contribution >= 4 is 11.9 Å². The normalized spacial score (nSPS) is 27.6. The summed E-state index contributed by atoms with van der Waals surface area (Å²) in [5.41, 5.74) is -0.499. The van der Waals surface area contributed by atoms with Crippen molar-refractivity contribution in [1.29, 1.82) is 0 Å². The van der Waals surface area contributed by atoms with E-state index >= 15 is 0 Å². The molecule has 2 rings (SSSR count). The molecule has 0 aliphatic carbocycles. The van der Waals surface area contributed by atoms with Gasteiger partial charge in [-0.1, -0.05) is 0 Å². The molecule has 0 aromatic rings. The number of rotatable bonds is 2. The number of nitrogens with zero attached hydrogens (tertiary/aromatic N) is 1. The van der Waals surface area contributed by atoms with E-state index in [-0.39, 0.29) is 23.9 Å². The van der Waals surface area contributed by atoms with Crippen molar-refractivity contribution in [3.8, 4) is 0 Å². The number of piperidine rings is 1. The monoisotopic (exact) mass is 297 g/mol. The van der Waals surface area contributed by atoms with E-state index in [1.165, 1.54) is 6.42 Å². The molecule has 2 unspecified atom stereocenters. The molecule has 2 aliphatic heterocycles. The minimum absolute atomic E-state index is 0.102. The molecule has 5 heteroatoms. The number of Topliss-reactive ketones (excluding diaryl/α,β-unsaturated/α-hetero) is 1. The van der Waals surface area contributed by atoms with Crippen molar-refractivity contribution in [3.05, 3.63) is 0 Å². The number of ketones is 1. The molecule has 21 heavy (non-hydrogen) atoms. The number of hydrogen-bond acceptors (Lipinski definition) is 4. The average Bonchev–Trinajstić information content (AvgIpc) is 2.40. The van der Waals surface area contributed by atoms with Crippen LogP contribution in [0.25, 0.3) is 0 Å². The van der Waals surface area contributed by atoms with Gasteiger partial charge in [0, 0.05) is 32.0 Å². The maximum absolute atomic E-state index is 12.1. The summed E-state index contributed by atoms with van der Waals surface area (Å²) in [6, 6.07) is 0. The molecule has 0 radical (unpaired) electrons. The Bertz CT molecular complexity index is 382. The van der Waals surface area contributed by atoms with Crippen LogP contribution in [0, 0.1) is 5.92 Å². The molecular weight excluding hydrogens is 270 g/mol. The van der Waals surface area contributed by atoms with Crippen molar-refractivity contribution in [2.24, 2.45) is 5.92 Å². The second kappa shape index (κ2) is 6.77. The van der Waals surface area contributed by atoms with Crippen molar-refractivity contribution in [2.45, 2.75) is 64.6 Å². The number of amides is 1. The van der Waals surface area contributed by atoms with Crippen LogP contribution in [0.3, 0.4) is 0 Å². The van der Waals surface area contributed by atoms with Crippen LogP contribution in [-0.4, -0.2) is 48.2 Å². The lowest BCUT2D eigenvalue weighted by molar-refractivity contribution is -0.128. The minimum Gasteiger partial charge on any atom is -0.444 e. The zero-order chi connectivity index (χ0) is 15.5. The van der Waals surface area contributed by atoms with Crippen LogP contribution in [0.2, 0.25) is 0 Å². The highest BCUT2D eigenvalue weighted by Crippen LogP contribution is 2.25. The van der Waals surface area contributed by atoms with Crippen LogP contribution in [-0.2, 0) is 14.3 Å². The standard InChI is InChI=1S/C16H27NO4/c1-16(2,3)21-15(19)17-8-7-14(18)12(11-17)10-13-6-4-5-9-20-13/h12-13H,4-11H2,1-3H3.